The fourth-order valence-corrected chi connectivity index (χ4v) is 2.27. The summed E-state index contributed by atoms with van der Waals surface area (Å²) in [6.45, 7) is 4.20. The fraction of sp³-hybridized carbons (Fsp3) is 0.278. The lowest BCUT2D eigenvalue weighted by atomic mass is 10.0. The first kappa shape index (κ1) is 17.1. The summed E-state index contributed by atoms with van der Waals surface area (Å²) >= 11 is 0. The van der Waals surface area contributed by atoms with Gasteiger partial charge >= 0.3 is 6.18 Å². The van der Waals surface area contributed by atoms with Crippen molar-refractivity contribution in [3.05, 3.63) is 70.3 Å². The molecule has 0 aliphatic carbocycles. The highest BCUT2D eigenvalue weighted by Crippen LogP contribution is 2.29. The van der Waals surface area contributed by atoms with E-state index >= 15 is 0 Å². The maximum absolute atomic E-state index is 12.5. The lowest BCUT2D eigenvalue weighted by Crippen LogP contribution is -2.26. The van der Waals surface area contributed by atoms with Gasteiger partial charge in [-0.25, -0.2) is 0 Å². The number of benzene rings is 2. The Morgan fingerprint density at radius 1 is 1.04 bits per heavy atom. The summed E-state index contributed by atoms with van der Waals surface area (Å²) in [5, 5.41) is 2.80. The number of carbonyl (C=O) groups is 1. The van der Waals surface area contributed by atoms with Gasteiger partial charge in [0.05, 0.1) is 5.56 Å². The molecule has 23 heavy (non-hydrogen) atoms. The Morgan fingerprint density at radius 3 is 2.30 bits per heavy atom. The van der Waals surface area contributed by atoms with E-state index in [1.54, 1.807) is 6.07 Å². The van der Waals surface area contributed by atoms with Gasteiger partial charge in [-0.1, -0.05) is 24.3 Å². The van der Waals surface area contributed by atoms with Crippen LogP contribution >= 0.6 is 0 Å². The van der Waals surface area contributed by atoms with Gasteiger partial charge < -0.3 is 5.32 Å². The molecule has 0 bridgehead atoms. The van der Waals surface area contributed by atoms with Gasteiger partial charge in [-0.3, -0.25) is 4.79 Å². The Morgan fingerprint density at radius 2 is 1.70 bits per heavy atom. The van der Waals surface area contributed by atoms with Crippen LogP contribution in [-0.2, 0) is 12.6 Å². The summed E-state index contributed by atoms with van der Waals surface area (Å²) in [4.78, 5) is 12.1. The molecule has 0 unspecified atom stereocenters. The summed E-state index contributed by atoms with van der Waals surface area (Å²) in [5.74, 6) is -0.168. The average Bonchev–Trinajstić information content (AvgIpc) is 2.49. The van der Waals surface area contributed by atoms with Crippen molar-refractivity contribution in [1.29, 1.82) is 0 Å². The molecule has 1 amide bonds. The van der Waals surface area contributed by atoms with Gasteiger partial charge in [0.1, 0.15) is 0 Å². The van der Waals surface area contributed by atoms with Crippen LogP contribution in [0.5, 0.6) is 0 Å². The summed E-state index contributed by atoms with van der Waals surface area (Å²) in [6, 6.07) is 10.5. The largest absolute Gasteiger partial charge is 0.416 e. The quantitative estimate of drug-likeness (QED) is 0.894. The monoisotopic (exact) mass is 321 g/mol. The molecule has 122 valence electrons. The Labute approximate surface area is 133 Å². The predicted octanol–water partition coefficient (Wildman–Crippen LogP) is 4.29. The number of carbonyl (C=O) groups excluding carboxylic acids is 1. The first-order chi connectivity index (χ1) is 10.8. The van der Waals surface area contributed by atoms with Gasteiger partial charge in [-0.2, -0.15) is 13.2 Å². The Balaban J connectivity index is 1.92. The molecule has 0 aliphatic heterocycles. The van der Waals surface area contributed by atoms with Crippen molar-refractivity contribution >= 4 is 5.91 Å². The highest BCUT2D eigenvalue weighted by molar-refractivity contribution is 5.95. The molecule has 2 rings (SSSR count). The summed E-state index contributed by atoms with van der Waals surface area (Å²) in [5.41, 5.74) is 2.68. The Kier molecular flexibility index (Phi) is 5.08. The molecule has 1 N–H and O–H groups in total. The SMILES string of the molecule is Cc1cccc(C(=O)NCCc2ccc(C(F)(F)F)cc2)c1C. The smallest absolute Gasteiger partial charge is 0.352 e. The third kappa shape index (κ3) is 4.34. The minimum Gasteiger partial charge on any atom is -0.352 e. The number of aryl methyl sites for hydroxylation is 1. The van der Waals surface area contributed by atoms with E-state index in [1.165, 1.54) is 12.1 Å². The standard InChI is InChI=1S/C18H18F3NO/c1-12-4-3-5-16(13(12)2)17(23)22-11-10-14-6-8-15(9-7-14)18(19,20)21/h3-9H,10-11H2,1-2H3,(H,22,23). The van der Waals surface area contributed by atoms with E-state index in [-0.39, 0.29) is 5.91 Å². The van der Waals surface area contributed by atoms with Crippen molar-refractivity contribution in [3.8, 4) is 0 Å². The van der Waals surface area contributed by atoms with E-state index < -0.39 is 11.7 Å². The highest BCUT2D eigenvalue weighted by Gasteiger charge is 2.29. The topological polar surface area (TPSA) is 29.1 Å². The van der Waals surface area contributed by atoms with Crippen LogP contribution in [0.25, 0.3) is 0 Å². The Bertz CT molecular complexity index is 690. The van der Waals surface area contributed by atoms with E-state index in [1.807, 2.05) is 26.0 Å². The average molecular weight is 321 g/mol. The van der Waals surface area contributed by atoms with Crippen LogP contribution in [0.2, 0.25) is 0 Å². The number of hydrogen-bond acceptors (Lipinski definition) is 1. The van der Waals surface area contributed by atoms with Gasteiger partial charge in [0.25, 0.3) is 5.91 Å². The van der Waals surface area contributed by atoms with Crippen LogP contribution in [0.4, 0.5) is 13.2 Å². The van der Waals surface area contributed by atoms with Crippen LogP contribution in [0.15, 0.2) is 42.5 Å². The molecule has 0 fully saturated rings. The van der Waals surface area contributed by atoms with Crippen molar-refractivity contribution in [3.63, 3.8) is 0 Å². The third-order valence-electron chi connectivity index (χ3n) is 3.83. The van der Waals surface area contributed by atoms with Crippen LogP contribution in [0.1, 0.15) is 32.6 Å². The van der Waals surface area contributed by atoms with Crippen molar-refractivity contribution in [1.82, 2.24) is 5.32 Å². The molecule has 0 aliphatic rings. The zero-order valence-electron chi connectivity index (χ0n) is 13.0. The fourth-order valence-electron chi connectivity index (χ4n) is 2.27. The lowest BCUT2D eigenvalue weighted by molar-refractivity contribution is -0.137. The lowest BCUT2D eigenvalue weighted by Gasteiger charge is -2.10. The molecule has 5 heteroatoms. The molecule has 0 saturated carbocycles. The second-order valence-electron chi connectivity index (χ2n) is 5.45. The van der Waals surface area contributed by atoms with Crippen molar-refractivity contribution in [2.24, 2.45) is 0 Å². The van der Waals surface area contributed by atoms with E-state index in [0.717, 1.165) is 28.8 Å². The number of alkyl halides is 3. The van der Waals surface area contributed by atoms with Gasteiger partial charge in [-0.15, -0.1) is 0 Å². The number of hydrogen-bond donors (Lipinski definition) is 1. The first-order valence-electron chi connectivity index (χ1n) is 7.29. The van der Waals surface area contributed by atoms with Crippen molar-refractivity contribution in [2.75, 3.05) is 6.54 Å². The molecule has 0 heterocycles. The number of rotatable bonds is 4. The van der Waals surface area contributed by atoms with Crippen LogP contribution in [0.3, 0.4) is 0 Å². The second-order valence-corrected chi connectivity index (χ2v) is 5.45. The van der Waals surface area contributed by atoms with Crippen LogP contribution < -0.4 is 5.32 Å². The molecule has 2 aromatic carbocycles. The number of amides is 1. The van der Waals surface area contributed by atoms with Gasteiger partial charge in [0, 0.05) is 12.1 Å². The molecule has 0 radical (unpaired) electrons. The zero-order chi connectivity index (χ0) is 17.0. The number of halogens is 3. The summed E-state index contributed by atoms with van der Waals surface area (Å²) in [7, 11) is 0. The van der Waals surface area contributed by atoms with E-state index in [0.29, 0.717) is 18.5 Å². The summed E-state index contributed by atoms with van der Waals surface area (Å²) < 4.78 is 37.4. The zero-order valence-corrected chi connectivity index (χ0v) is 13.0. The third-order valence-corrected chi connectivity index (χ3v) is 3.83. The maximum Gasteiger partial charge on any atom is 0.416 e. The molecule has 0 spiro atoms. The predicted molar refractivity (Wildman–Crippen MR) is 83.4 cm³/mol. The molecular weight excluding hydrogens is 303 g/mol. The van der Waals surface area contributed by atoms with E-state index in [4.69, 9.17) is 0 Å². The molecule has 2 nitrogen and oxygen atoms in total. The second kappa shape index (κ2) is 6.86. The van der Waals surface area contributed by atoms with Crippen LogP contribution in [-0.4, -0.2) is 12.5 Å². The van der Waals surface area contributed by atoms with Crippen LogP contribution in [0, 0.1) is 13.8 Å². The Hall–Kier alpha value is -2.30. The van der Waals surface area contributed by atoms with E-state index in [9.17, 15) is 18.0 Å². The first-order valence-corrected chi connectivity index (χ1v) is 7.29. The van der Waals surface area contributed by atoms with E-state index in [2.05, 4.69) is 5.32 Å². The minimum absolute atomic E-state index is 0.168. The highest BCUT2D eigenvalue weighted by atomic mass is 19.4. The molecule has 0 saturated heterocycles. The molecule has 0 atom stereocenters. The maximum atomic E-state index is 12.5. The molecular formula is C18H18F3NO. The van der Waals surface area contributed by atoms with Gasteiger partial charge in [0.2, 0.25) is 0 Å². The minimum atomic E-state index is -4.32. The van der Waals surface area contributed by atoms with Crippen molar-refractivity contribution < 1.29 is 18.0 Å². The van der Waals surface area contributed by atoms with Gasteiger partial charge in [-0.05, 0) is 55.2 Å². The normalized spacial score (nSPS) is 11.3. The molecule has 0 aromatic heterocycles. The van der Waals surface area contributed by atoms with Gasteiger partial charge in [0.15, 0.2) is 0 Å². The number of nitrogens with one attached hydrogen (secondary N) is 1. The van der Waals surface area contributed by atoms with Crippen molar-refractivity contribution in [2.45, 2.75) is 26.4 Å². The molecule has 2 aromatic rings. The summed E-state index contributed by atoms with van der Waals surface area (Å²) in [6.07, 6.45) is -3.84.